The Kier molecular flexibility index (Phi) is 4.85. The summed E-state index contributed by atoms with van der Waals surface area (Å²) in [7, 11) is 1.41. The lowest BCUT2D eigenvalue weighted by atomic mass is 10.00. The van der Waals surface area contributed by atoms with E-state index in [1.807, 2.05) is 6.07 Å². The quantitative estimate of drug-likeness (QED) is 0.800. The van der Waals surface area contributed by atoms with Crippen LogP contribution in [0, 0.1) is 11.3 Å². The Morgan fingerprint density at radius 2 is 2.17 bits per heavy atom. The molecular formula is C16H19F2N3O2. The van der Waals surface area contributed by atoms with Gasteiger partial charge in [0.1, 0.15) is 11.3 Å². The summed E-state index contributed by atoms with van der Waals surface area (Å²) in [5, 5.41) is 11.3. The predicted octanol–water partition coefficient (Wildman–Crippen LogP) is 1.76. The van der Waals surface area contributed by atoms with Crippen molar-refractivity contribution in [1.82, 2.24) is 5.32 Å². The van der Waals surface area contributed by atoms with E-state index in [1.54, 1.807) is 24.3 Å². The summed E-state index contributed by atoms with van der Waals surface area (Å²) in [5.74, 6) is -3.51. The molecule has 0 aromatic heterocycles. The number of nitrogens with zero attached hydrogens (tertiary/aromatic N) is 1. The molecule has 1 aromatic rings. The van der Waals surface area contributed by atoms with Crippen molar-refractivity contribution >= 4 is 5.91 Å². The van der Waals surface area contributed by atoms with Crippen molar-refractivity contribution in [2.75, 3.05) is 7.11 Å². The van der Waals surface area contributed by atoms with E-state index in [2.05, 4.69) is 5.32 Å². The largest absolute Gasteiger partial charge is 0.496 e. The molecule has 1 fully saturated rings. The summed E-state index contributed by atoms with van der Waals surface area (Å²) < 4.78 is 33.4. The Labute approximate surface area is 133 Å². The number of hydrogen-bond acceptors (Lipinski definition) is 4. The van der Waals surface area contributed by atoms with Crippen LogP contribution in [0.15, 0.2) is 24.3 Å². The lowest BCUT2D eigenvalue weighted by molar-refractivity contribution is -0.125. The number of nitrogens with two attached hydrogens (primary N) is 1. The van der Waals surface area contributed by atoms with Gasteiger partial charge in [0.2, 0.25) is 5.91 Å². The number of carbonyl (C=O) groups is 1. The normalized spacial score (nSPS) is 17.0. The Hall–Kier alpha value is -2.20. The number of nitrogens with one attached hydrogen (secondary N) is 1. The monoisotopic (exact) mass is 323 g/mol. The van der Waals surface area contributed by atoms with Crippen LogP contribution in [0.4, 0.5) is 8.78 Å². The first-order valence-corrected chi connectivity index (χ1v) is 7.29. The number of para-hydroxylation sites is 1. The molecule has 0 saturated heterocycles. The second kappa shape index (κ2) is 6.50. The van der Waals surface area contributed by atoms with E-state index in [0.717, 1.165) is 0 Å². The number of nitriles is 1. The van der Waals surface area contributed by atoms with E-state index < -0.39 is 36.3 Å². The molecule has 124 valence electrons. The van der Waals surface area contributed by atoms with E-state index in [9.17, 15) is 13.6 Å². The molecule has 2 rings (SSSR count). The number of methoxy groups -OCH3 is 1. The summed E-state index contributed by atoms with van der Waals surface area (Å²) >= 11 is 0. The highest BCUT2D eigenvalue weighted by Crippen LogP contribution is 2.35. The van der Waals surface area contributed by atoms with Gasteiger partial charge in [0.15, 0.2) is 0 Å². The van der Waals surface area contributed by atoms with Crippen LogP contribution in [0.5, 0.6) is 5.75 Å². The van der Waals surface area contributed by atoms with Gasteiger partial charge in [0, 0.05) is 18.4 Å². The third kappa shape index (κ3) is 4.39. The number of halogens is 2. The van der Waals surface area contributed by atoms with Gasteiger partial charge in [-0.1, -0.05) is 18.2 Å². The van der Waals surface area contributed by atoms with Gasteiger partial charge in [-0.2, -0.15) is 5.26 Å². The highest BCUT2D eigenvalue weighted by atomic mass is 19.3. The second-order valence-corrected chi connectivity index (χ2v) is 5.84. The van der Waals surface area contributed by atoms with Crippen LogP contribution in [0.1, 0.15) is 24.8 Å². The number of amides is 1. The lowest BCUT2D eigenvalue weighted by Crippen LogP contribution is -2.48. The average molecular weight is 323 g/mol. The van der Waals surface area contributed by atoms with E-state index in [-0.39, 0.29) is 0 Å². The minimum atomic E-state index is -3.16. The van der Waals surface area contributed by atoms with E-state index in [4.69, 9.17) is 15.7 Å². The fourth-order valence-electron chi connectivity index (χ4n) is 2.33. The molecule has 0 bridgehead atoms. The lowest BCUT2D eigenvalue weighted by Gasteiger charge is -2.22. The summed E-state index contributed by atoms with van der Waals surface area (Å²) in [6.07, 6.45) is -0.307. The van der Waals surface area contributed by atoms with Crippen molar-refractivity contribution in [2.45, 2.75) is 43.2 Å². The third-order valence-electron chi connectivity index (χ3n) is 3.82. The summed E-state index contributed by atoms with van der Waals surface area (Å²) in [6, 6.07) is 7.08. The van der Waals surface area contributed by atoms with Crippen LogP contribution in [-0.2, 0) is 11.2 Å². The first-order chi connectivity index (χ1) is 10.8. The smallest absolute Gasteiger partial charge is 0.254 e. The van der Waals surface area contributed by atoms with Crippen LogP contribution < -0.4 is 15.8 Å². The highest BCUT2D eigenvalue weighted by molar-refractivity contribution is 5.83. The molecule has 7 heteroatoms. The zero-order valence-corrected chi connectivity index (χ0v) is 12.8. The van der Waals surface area contributed by atoms with Crippen molar-refractivity contribution in [1.29, 1.82) is 5.26 Å². The van der Waals surface area contributed by atoms with Crippen LogP contribution >= 0.6 is 0 Å². The zero-order valence-electron chi connectivity index (χ0n) is 12.8. The molecule has 0 spiro atoms. The topological polar surface area (TPSA) is 88.1 Å². The van der Waals surface area contributed by atoms with Gasteiger partial charge in [-0.05, 0) is 18.9 Å². The fourth-order valence-corrected chi connectivity index (χ4v) is 2.33. The van der Waals surface area contributed by atoms with Crippen molar-refractivity contribution in [3.8, 4) is 11.8 Å². The van der Waals surface area contributed by atoms with Gasteiger partial charge >= 0.3 is 0 Å². The van der Waals surface area contributed by atoms with Crippen LogP contribution in [0.3, 0.4) is 0 Å². The average Bonchev–Trinajstić information content (AvgIpc) is 3.27. The fraction of sp³-hybridized carbons (Fsp3) is 0.500. The van der Waals surface area contributed by atoms with E-state index >= 15 is 0 Å². The molecular weight excluding hydrogens is 304 g/mol. The number of benzene rings is 1. The summed E-state index contributed by atoms with van der Waals surface area (Å²) in [4.78, 5) is 11.9. The van der Waals surface area contributed by atoms with Crippen LogP contribution in [0.25, 0.3) is 0 Å². The third-order valence-corrected chi connectivity index (χ3v) is 3.82. The standard InChI is InChI=1S/C16H19F2N3O2/c1-23-13-5-3-2-4-11(13)8-16(17,18)9-12(20)14(22)21-15(10-19)6-7-15/h2-5,12H,6-9,20H2,1H3,(H,21,22)/t12-/m0/s1. The zero-order chi connectivity index (χ0) is 17.1. The highest BCUT2D eigenvalue weighted by Gasteiger charge is 2.46. The maximum Gasteiger partial charge on any atom is 0.254 e. The van der Waals surface area contributed by atoms with Gasteiger partial charge in [-0.25, -0.2) is 8.78 Å². The van der Waals surface area contributed by atoms with E-state index in [0.29, 0.717) is 24.2 Å². The molecule has 23 heavy (non-hydrogen) atoms. The minimum absolute atomic E-state index is 0.350. The molecule has 0 radical (unpaired) electrons. The van der Waals surface area contributed by atoms with E-state index in [1.165, 1.54) is 7.11 Å². The number of alkyl halides is 2. The Bertz CT molecular complexity index is 624. The molecule has 3 N–H and O–H groups in total. The van der Waals surface area contributed by atoms with Gasteiger partial charge < -0.3 is 15.8 Å². The number of carbonyl (C=O) groups excluding carboxylic acids is 1. The molecule has 1 aromatic carbocycles. The maximum absolute atomic E-state index is 14.2. The van der Waals surface area contributed by atoms with Crippen molar-refractivity contribution in [3.05, 3.63) is 29.8 Å². The number of ether oxygens (including phenoxy) is 1. The van der Waals surface area contributed by atoms with Gasteiger partial charge in [-0.15, -0.1) is 0 Å². The molecule has 0 unspecified atom stereocenters. The van der Waals surface area contributed by atoms with Crippen LogP contribution in [0.2, 0.25) is 0 Å². The Morgan fingerprint density at radius 3 is 2.74 bits per heavy atom. The van der Waals surface area contributed by atoms with Crippen molar-refractivity contribution < 1.29 is 18.3 Å². The summed E-state index contributed by atoms with van der Waals surface area (Å²) in [6.45, 7) is 0. The Morgan fingerprint density at radius 1 is 1.52 bits per heavy atom. The molecule has 1 atom stereocenters. The van der Waals surface area contributed by atoms with Crippen molar-refractivity contribution in [2.24, 2.45) is 5.73 Å². The predicted molar refractivity (Wildman–Crippen MR) is 80.0 cm³/mol. The molecule has 1 aliphatic carbocycles. The van der Waals surface area contributed by atoms with Gasteiger partial charge in [0.25, 0.3) is 5.92 Å². The number of rotatable bonds is 7. The molecule has 1 amide bonds. The second-order valence-electron chi connectivity index (χ2n) is 5.84. The summed E-state index contributed by atoms with van der Waals surface area (Å²) in [5.41, 5.74) is 5.02. The maximum atomic E-state index is 14.2. The molecule has 0 heterocycles. The minimum Gasteiger partial charge on any atom is -0.496 e. The molecule has 0 aliphatic heterocycles. The van der Waals surface area contributed by atoms with Gasteiger partial charge in [-0.3, -0.25) is 4.79 Å². The SMILES string of the molecule is COc1ccccc1CC(F)(F)C[C@H](N)C(=O)NC1(C#N)CC1. The first kappa shape index (κ1) is 17.2. The number of hydrogen-bond donors (Lipinski definition) is 2. The molecule has 1 aliphatic rings. The van der Waals surface area contributed by atoms with Gasteiger partial charge in [0.05, 0.1) is 19.2 Å². The Balaban J connectivity index is 1.97. The van der Waals surface area contributed by atoms with Crippen molar-refractivity contribution in [3.63, 3.8) is 0 Å². The molecule has 1 saturated carbocycles. The van der Waals surface area contributed by atoms with Crippen LogP contribution in [-0.4, -0.2) is 30.5 Å². The first-order valence-electron chi connectivity index (χ1n) is 7.29. The molecule has 5 nitrogen and oxygen atoms in total.